The van der Waals surface area contributed by atoms with Crippen LogP contribution < -0.4 is 0 Å². The lowest BCUT2D eigenvalue weighted by atomic mass is 9.92. The van der Waals surface area contributed by atoms with Crippen molar-refractivity contribution in [2.45, 2.75) is 52.3 Å². The molecular formula is C19H29FN2O2. The van der Waals surface area contributed by atoms with Crippen molar-refractivity contribution in [2.24, 2.45) is 5.92 Å². The molecule has 0 saturated carbocycles. The lowest BCUT2D eigenvalue weighted by molar-refractivity contribution is 0.00581. The molecule has 2 unspecified atom stereocenters. The number of amides is 1. The van der Waals surface area contributed by atoms with Gasteiger partial charge in [0.2, 0.25) is 0 Å². The average molecular weight is 336 g/mol. The minimum Gasteiger partial charge on any atom is -0.444 e. The van der Waals surface area contributed by atoms with E-state index in [4.69, 9.17) is 4.74 Å². The summed E-state index contributed by atoms with van der Waals surface area (Å²) in [6.07, 6.45) is 0.687. The Labute approximate surface area is 144 Å². The maximum absolute atomic E-state index is 13.0. The summed E-state index contributed by atoms with van der Waals surface area (Å²) in [5.41, 5.74) is 0.636. The van der Waals surface area contributed by atoms with Gasteiger partial charge in [-0.2, -0.15) is 0 Å². The summed E-state index contributed by atoms with van der Waals surface area (Å²) in [7, 11) is 2.09. The first-order valence-corrected chi connectivity index (χ1v) is 8.58. The molecule has 1 heterocycles. The predicted molar refractivity (Wildman–Crippen MR) is 93.2 cm³/mol. The van der Waals surface area contributed by atoms with Gasteiger partial charge in [-0.25, -0.2) is 9.18 Å². The first kappa shape index (κ1) is 18.7. The van der Waals surface area contributed by atoms with Crippen LogP contribution in [0, 0.1) is 11.7 Å². The summed E-state index contributed by atoms with van der Waals surface area (Å²) in [6.45, 7) is 10.0. The van der Waals surface area contributed by atoms with Gasteiger partial charge in [0, 0.05) is 25.7 Å². The number of rotatable bonds is 3. The Balaban J connectivity index is 1.90. The highest BCUT2D eigenvalue weighted by molar-refractivity contribution is 5.68. The zero-order chi connectivity index (χ0) is 17.9. The van der Waals surface area contributed by atoms with Crippen molar-refractivity contribution in [1.82, 2.24) is 9.80 Å². The fraction of sp³-hybridized carbons (Fsp3) is 0.632. The molecule has 4 nitrogen and oxygen atoms in total. The van der Waals surface area contributed by atoms with Gasteiger partial charge in [-0.05, 0) is 57.9 Å². The van der Waals surface area contributed by atoms with Gasteiger partial charge in [-0.15, -0.1) is 0 Å². The SMILES string of the molecule is CC1CN(C(=O)OC(C)(C)C)CCC1N(C)Cc1ccc(F)cc1. The van der Waals surface area contributed by atoms with Crippen LogP contribution >= 0.6 is 0 Å². The van der Waals surface area contributed by atoms with Crippen LogP contribution in [0.1, 0.15) is 39.7 Å². The van der Waals surface area contributed by atoms with Gasteiger partial charge < -0.3 is 9.64 Å². The molecule has 1 aliphatic heterocycles. The Hall–Kier alpha value is -1.62. The molecule has 1 fully saturated rings. The highest BCUT2D eigenvalue weighted by Gasteiger charge is 2.33. The lowest BCUT2D eigenvalue weighted by Gasteiger charge is -2.41. The molecule has 5 heteroatoms. The van der Waals surface area contributed by atoms with Gasteiger partial charge in [0.1, 0.15) is 11.4 Å². The molecule has 2 atom stereocenters. The Morgan fingerprint density at radius 3 is 2.50 bits per heavy atom. The molecule has 0 radical (unpaired) electrons. The summed E-state index contributed by atoms with van der Waals surface area (Å²) in [5.74, 6) is 0.150. The van der Waals surface area contributed by atoms with Crippen LogP contribution in [0.15, 0.2) is 24.3 Å². The Bertz CT molecular complexity index is 553. The van der Waals surface area contributed by atoms with Crippen molar-refractivity contribution in [2.75, 3.05) is 20.1 Å². The normalized spacial score (nSPS) is 21.9. The third-order valence-corrected chi connectivity index (χ3v) is 4.42. The van der Waals surface area contributed by atoms with E-state index in [1.54, 1.807) is 4.90 Å². The number of nitrogens with zero attached hydrogens (tertiary/aromatic N) is 2. The molecule has 0 spiro atoms. The van der Waals surface area contributed by atoms with E-state index < -0.39 is 5.60 Å². The Kier molecular flexibility index (Phi) is 5.86. The van der Waals surface area contributed by atoms with Crippen LogP contribution in [0.2, 0.25) is 0 Å². The van der Waals surface area contributed by atoms with Gasteiger partial charge in [0.05, 0.1) is 0 Å². The van der Waals surface area contributed by atoms with Crippen molar-refractivity contribution in [3.05, 3.63) is 35.6 Å². The highest BCUT2D eigenvalue weighted by atomic mass is 19.1. The molecular weight excluding hydrogens is 307 g/mol. The molecule has 1 amide bonds. The number of hydrogen-bond donors (Lipinski definition) is 0. The molecule has 0 aliphatic carbocycles. The topological polar surface area (TPSA) is 32.8 Å². The van der Waals surface area contributed by atoms with E-state index >= 15 is 0 Å². The minimum atomic E-state index is -0.462. The van der Waals surface area contributed by atoms with E-state index in [-0.39, 0.29) is 11.9 Å². The Morgan fingerprint density at radius 1 is 1.33 bits per heavy atom. The first-order chi connectivity index (χ1) is 11.2. The van der Waals surface area contributed by atoms with Crippen LogP contribution in [0.25, 0.3) is 0 Å². The minimum absolute atomic E-state index is 0.208. The number of piperidine rings is 1. The predicted octanol–water partition coefficient (Wildman–Crippen LogP) is 3.90. The molecule has 24 heavy (non-hydrogen) atoms. The average Bonchev–Trinajstić information content (AvgIpc) is 2.47. The van der Waals surface area contributed by atoms with Crippen LogP contribution in [0.5, 0.6) is 0 Å². The molecule has 1 aromatic rings. The molecule has 2 rings (SSSR count). The van der Waals surface area contributed by atoms with Crippen molar-refractivity contribution < 1.29 is 13.9 Å². The summed E-state index contributed by atoms with van der Waals surface area (Å²) in [5, 5.41) is 0. The summed E-state index contributed by atoms with van der Waals surface area (Å²) < 4.78 is 18.5. The van der Waals surface area contributed by atoms with E-state index in [0.29, 0.717) is 25.0 Å². The molecule has 0 bridgehead atoms. The van der Waals surface area contributed by atoms with Crippen LogP contribution in [0.4, 0.5) is 9.18 Å². The van der Waals surface area contributed by atoms with Gasteiger partial charge >= 0.3 is 6.09 Å². The van der Waals surface area contributed by atoms with Crippen LogP contribution in [-0.2, 0) is 11.3 Å². The van der Waals surface area contributed by atoms with Crippen molar-refractivity contribution in [3.63, 3.8) is 0 Å². The second kappa shape index (κ2) is 7.51. The molecule has 1 aromatic carbocycles. The fourth-order valence-corrected chi connectivity index (χ4v) is 3.28. The van der Waals surface area contributed by atoms with E-state index in [1.165, 1.54) is 12.1 Å². The largest absolute Gasteiger partial charge is 0.444 e. The van der Waals surface area contributed by atoms with Crippen molar-refractivity contribution in [3.8, 4) is 0 Å². The van der Waals surface area contributed by atoms with Gasteiger partial charge in [0.15, 0.2) is 0 Å². The third-order valence-electron chi connectivity index (χ3n) is 4.42. The van der Waals surface area contributed by atoms with Gasteiger partial charge in [0.25, 0.3) is 0 Å². The van der Waals surface area contributed by atoms with E-state index in [1.807, 2.05) is 32.9 Å². The summed E-state index contributed by atoms with van der Waals surface area (Å²) >= 11 is 0. The third kappa shape index (κ3) is 5.20. The number of carbonyl (C=O) groups excluding carboxylic acids is 1. The second-order valence-corrected chi connectivity index (χ2v) is 7.80. The molecule has 0 N–H and O–H groups in total. The molecule has 1 saturated heterocycles. The van der Waals surface area contributed by atoms with Gasteiger partial charge in [-0.3, -0.25) is 4.90 Å². The monoisotopic (exact) mass is 336 g/mol. The quantitative estimate of drug-likeness (QED) is 0.839. The smallest absolute Gasteiger partial charge is 0.410 e. The second-order valence-electron chi connectivity index (χ2n) is 7.80. The summed E-state index contributed by atoms with van der Waals surface area (Å²) in [6, 6.07) is 7.04. The maximum Gasteiger partial charge on any atom is 0.410 e. The Morgan fingerprint density at radius 2 is 1.96 bits per heavy atom. The highest BCUT2D eigenvalue weighted by Crippen LogP contribution is 2.24. The zero-order valence-electron chi connectivity index (χ0n) is 15.4. The number of hydrogen-bond acceptors (Lipinski definition) is 3. The van der Waals surface area contributed by atoms with Crippen LogP contribution in [-0.4, -0.2) is 47.7 Å². The fourth-order valence-electron chi connectivity index (χ4n) is 3.28. The first-order valence-electron chi connectivity index (χ1n) is 8.58. The standard InChI is InChI=1S/C19H29FN2O2/c1-14-12-22(18(23)24-19(2,3)4)11-10-17(14)21(5)13-15-6-8-16(20)9-7-15/h6-9,14,17H,10-13H2,1-5H3. The van der Waals surface area contributed by atoms with Gasteiger partial charge in [-0.1, -0.05) is 19.1 Å². The lowest BCUT2D eigenvalue weighted by Crippen LogP contribution is -2.51. The molecule has 134 valence electrons. The zero-order valence-corrected chi connectivity index (χ0v) is 15.4. The van der Waals surface area contributed by atoms with E-state index in [2.05, 4.69) is 18.9 Å². The van der Waals surface area contributed by atoms with Crippen LogP contribution in [0.3, 0.4) is 0 Å². The van der Waals surface area contributed by atoms with Crippen molar-refractivity contribution >= 4 is 6.09 Å². The number of benzene rings is 1. The number of halogens is 1. The van der Waals surface area contributed by atoms with Crippen molar-refractivity contribution in [1.29, 1.82) is 0 Å². The molecule has 1 aliphatic rings. The van der Waals surface area contributed by atoms with E-state index in [9.17, 15) is 9.18 Å². The number of likely N-dealkylation sites (tertiary alicyclic amines) is 1. The summed E-state index contributed by atoms with van der Waals surface area (Å²) in [4.78, 5) is 16.3. The number of carbonyl (C=O) groups is 1. The molecule has 0 aromatic heterocycles. The number of ether oxygens (including phenoxy) is 1. The maximum atomic E-state index is 13.0. The van der Waals surface area contributed by atoms with E-state index in [0.717, 1.165) is 18.5 Å².